The van der Waals surface area contributed by atoms with Gasteiger partial charge >= 0.3 is 0 Å². The van der Waals surface area contributed by atoms with E-state index in [9.17, 15) is 0 Å². The Balaban J connectivity index is 1.15. The molecule has 10 aromatic rings. The third kappa shape index (κ3) is 6.02. The smallest absolute Gasteiger partial charge is 0.0540 e. The van der Waals surface area contributed by atoms with Crippen LogP contribution in [0.3, 0.4) is 0 Å². The standard InChI is InChI=1S/C54H37N/c1-2-15-40(16-3-1)48-20-8-9-21-50(48)51-22-10-11-23-52(51)53-24-12-13-25-54(53)55(46-34-35-49-44(37-46)29-27-41-17-6-7-19-47(41)49)45-32-30-39(31-33-45)43-28-26-38-14-4-5-18-42(38)36-43/h1-37H. The van der Waals surface area contributed by atoms with E-state index in [1.165, 1.54) is 71.3 Å². The van der Waals surface area contributed by atoms with Gasteiger partial charge in [0, 0.05) is 16.9 Å². The highest BCUT2D eigenvalue weighted by molar-refractivity contribution is 6.09. The summed E-state index contributed by atoms with van der Waals surface area (Å²) >= 11 is 0. The van der Waals surface area contributed by atoms with Gasteiger partial charge in [0.15, 0.2) is 0 Å². The van der Waals surface area contributed by atoms with Crippen LogP contribution in [-0.2, 0) is 0 Å². The second kappa shape index (κ2) is 14.0. The molecule has 1 nitrogen and oxygen atoms in total. The van der Waals surface area contributed by atoms with Crippen molar-refractivity contribution in [2.45, 2.75) is 0 Å². The van der Waals surface area contributed by atoms with Gasteiger partial charge in [0.2, 0.25) is 0 Å². The van der Waals surface area contributed by atoms with Gasteiger partial charge in [-0.15, -0.1) is 0 Å². The summed E-state index contributed by atoms with van der Waals surface area (Å²) in [6.45, 7) is 0. The topological polar surface area (TPSA) is 3.24 Å². The van der Waals surface area contributed by atoms with Crippen molar-refractivity contribution >= 4 is 49.4 Å². The summed E-state index contributed by atoms with van der Waals surface area (Å²) in [4.78, 5) is 2.42. The number of hydrogen-bond donors (Lipinski definition) is 0. The number of para-hydroxylation sites is 1. The van der Waals surface area contributed by atoms with Crippen molar-refractivity contribution in [2.75, 3.05) is 4.90 Å². The maximum Gasteiger partial charge on any atom is 0.0540 e. The Bertz CT molecular complexity index is 2980. The second-order valence-electron chi connectivity index (χ2n) is 14.1. The molecule has 0 heterocycles. The summed E-state index contributed by atoms with van der Waals surface area (Å²) in [7, 11) is 0. The van der Waals surface area contributed by atoms with Gasteiger partial charge < -0.3 is 4.90 Å². The van der Waals surface area contributed by atoms with E-state index in [1.807, 2.05) is 0 Å². The summed E-state index contributed by atoms with van der Waals surface area (Å²) in [6, 6.07) is 81.5. The molecule has 0 atom stereocenters. The first kappa shape index (κ1) is 32.4. The number of rotatable bonds is 7. The van der Waals surface area contributed by atoms with Crippen molar-refractivity contribution < 1.29 is 0 Å². The Labute approximate surface area is 322 Å². The van der Waals surface area contributed by atoms with Gasteiger partial charge in [-0.1, -0.05) is 188 Å². The second-order valence-corrected chi connectivity index (χ2v) is 14.1. The van der Waals surface area contributed by atoms with E-state index in [4.69, 9.17) is 0 Å². The van der Waals surface area contributed by atoms with Gasteiger partial charge in [-0.05, 0) is 108 Å². The highest BCUT2D eigenvalue weighted by atomic mass is 15.1. The van der Waals surface area contributed by atoms with Crippen LogP contribution in [-0.4, -0.2) is 0 Å². The molecular formula is C54H37N. The third-order valence-corrected chi connectivity index (χ3v) is 10.9. The molecule has 0 aliphatic carbocycles. The van der Waals surface area contributed by atoms with E-state index < -0.39 is 0 Å². The highest BCUT2D eigenvalue weighted by Crippen LogP contribution is 2.46. The monoisotopic (exact) mass is 699 g/mol. The van der Waals surface area contributed by atoms with Gasteiger partial charge in [0.1, 0.15) is 0 Å². The Morgan fingerprint density at radius 1 is 0.236 bits per heavy atom. The normalized spacial score (nSPS) is 11.3. The van der Waals surface area contributed by atoms with Gasteiger partial charge in [-0.25, -0.2) is 0 Å². The first-order valence-corrected chi connectivity index (χ1v) is 18.9. The fourth-order valence-electron chi connectivity index (χ4n) is 8.18. The Kier molecular flexibility index (Phi) is 8.24. The van der Waals surface area contributed by atoms with Crippen molar-refractivity contribution in [2.24, 2.45) is 0 Å². The van der Waals surface area contributed by atoms with E-state index in [1.54, 1.807) is 0 Å². The Morgan fingerprint density at radius 2 is 0.745 bits per heavy atom. The van der Waals surface area contributed by atoms with Crippen LogP contribution in [0.15, 0.2) is 224 Å². The summed E-state index contributed by atoms with van der Waals surface area (Å²) in [5.74, 6) is 0. The lowest BCUT2D eigenvalue weighted by molar-refractivity contribution is 1.29. The minimum atomic E-state index is 1.10. The van der Waals surface area contributed by atoms with E-state index in [0.29, 0.717) is 0 Å². The predicted molar refractivity (Wildman–Crippen MR) is 235 cm³/mol. The fraction of sp³-hybridized carbons (Fsp3) is 0. The molecule has 0 aliphatic heterocycles. The average molecular weight is 700 g/mol. The zero-order valence-electron chi connectivity index (χ0n) is 30.3. The summed E-state index contributed by atoms with van der Waals surface area (Å²) in [6.07, 6.45) is 0. The van der Waals surface area contributed by atoms with Crippen LogP contribution in [0.2, 0.25) is 0 Å². The minimum absolute atomic E-state index is 1.10. The van der Waals surface area contributed by atoms with Crippen LogP contribution in [0.1, 0.15) is 0 Å². The molecule has 0 spiro atoms. The van der Waals surface area contributed by atoms with E-state index in [-0.39, 0.29) is 0 Å². The van der Waals surface area contributed by atoms with Crippen LogP contribution >= 0.6 is 0 Å². The third-order valence-electron chi connectivity index (χ3n) is 10.9. The molecule has 0 fully saturated rings. The van der Waals surface area contributed by atoms with Gasteiger partial charge in [0.05, 0.1) is 5.69 Å². The minimum Gasteiger partial charge on any atom is -0.310 e. The summed E-state index contributed by atoms with van der Waals surface area (Å²) in [5, 5.41) is 7.48. The van der Waals surface area contributed by atoms with E-state index in [0.717, 1.165) is 22.6 Å². The molecule has 0 N–H and O–H groups in total. The van der Waals surface area contributed by atoms with Crippen LogP contribution in [0.25, 0.3) is 76.8 Å². The molecule has 10 rings (SSSR count). The molecule has 258 valence electrons. The molecule has 0 unspecified atom stereocenters. The largest absolute Gasteiger partial charge is 0.310 e. The van der Waals surface area contributed by atoms with Crippen molar-refractivity contribution in [1.29, 1.82) is 0 Å². The molecule has 0 saturated carbocycles. The molecule has 1 heteroatoms. The molecule has 0 aliphatic rings. The van der Waals surface area contributed by atoms with Gasteiger partial charge in [0.25, 0.3) is 0 Å². The zero-order chi connectivity index (χ0) is 36.6. The Hall–Kier alpha value is -7.22. The van der Waals surface area contributed by atoms with E-state index >= 15 is 0 Å². The van der Waals surface area contributed by atoms with Crippen molar-refractivity contribution in [3.05, 3.63) is 224 Å². The van der Waals surface area contributed by atoms with Crippen LogP contribution in [0.4, 0.5) is 17.1 Å². The number of fused-ring (bicyclic) bond motifs is 4. The average Bonchev–Trinajstić information content (AvgIpc) is 3.27. The molecule has 55 heavy (non-hydrogen) atoms. The van der Waals surface area contributed by atoms with Crippen LogP contribution in [0, 0.1) is 0 Å². The molecule has 0 bridgehead atoms. The number of anilines is 3. The van der Waals surface area contributed by atoms with Crippen molar-refractivity contribution in [3.8, 4) is 44.5 Å². The molecule has 0 saturated heterocycles. The molecular weight excluding hydrogens is 663 g/mol. The molecule has 0 radical (unpaired) electrons. The Morgan fingerprint density at radius 3 is 1.53 bits per heavy atom. The highest BCUT2D eigenvalue weighted by Gasteiger charge is 2.21. The first-order chi connectivity index (χ1) is 27.3. The maximum atomic E-state index is 2.42. The number of hydrogen-bond acceptors (Lipinski definition) is 1. The lowest BCUT2D eigenvalue weighted by atomic mass is 9.88. The zero-order valence-corrected chi connectivity index (χ0v) is 30.3. The SMILES string of the molecule is c1ccc(-c2ccccc2-c2ccccc2-c2ccccc2N(c2ccc(-c3ccc4ccccc4c3)cc2)c2ccc3c(ccc4ccccc43)c2)cc1. The molecule has 0 aromatic heterocycles. The lowest BCUT2D eigenvalue weighted by Gasteiger charge is -2.29. The fourth-order valence-corrected chi connectivity index (χ4v) is 8.18. The first-order valence-electron chi connectivity index (χ1n) is 18.9. The molecule has 10 aromatic carbocycles. The van der Waals surface area contributed by atoms with Crippen molar-refractivity contribution in [1.82, 2.24) is 0 Å². The number of benzene rings is 10. The van der Waals surface area contributed by atoms with Crippen LogP contribution < -0.4 is 4.90 Å². The quantitative estimate of drug-likeness (QED) is 0.150. The van der Waals surface area contributed by atoms with E-state index in [2.05, 4.69) is 229 Å². The maximum absolute atomic E-state index is 2.42. The van der Waals surface area contributed by atoms with Crippen molar-refractivity contribution in [3.63, 3.8) is 0 Å². The summed E-state index contributed by atoms with van der Waals surface area (Å²) in [5.41, 5.74) is 12.9. The lowest BCUT2D eigenvalue weighted by Crippen LogP contribution is -2.11. The predicted octanol–water partition coefficient (Wildman–Crippen LogP) is 15.3. The molecule has 0 amide bonds. The van der Waals surface area contributed by atoms with Crippen LogP contribution in [0.5, 0.6) is 0 Å². The van der Waals surface area contributed by atoms with Gasteiger partial charge in [-0.3, -0.25) is 0 Å². The summed E-state index contributed by atoms with van der Waals surface area (Å²) < 4.78 is 0. The van der Waals surface area contributed by atoms with Gasteiger partial charge in [-0.2, -0.15) is 0 Å². The number of nitrogens with zero attached hydrogens (tertiary/aromatic N) is 1.